The molecule has 0 radical (unpaired) electrons. The second-order valence-corrected chi connectivity index (χ2v) is 4.90. The van der Waals surface area contributed by atoms with Gasteiger partial charge in [0.2, 0.25) is 5.91 Å². The van der Waals surface area contributed by atoms with Gasteiger partial charge in [0.1, 0.15) is 5.75 Å². The molecule has 4 heteroatoms. The Morgan fingerprint density at radius 2 is 2.32 bits per heavy atom. The first-order chi connectivity index (χ1) is 9.20. The number of carbonyl (C=O) groups excluding carboxylic acids is 1. The van der Waals surface area contributed by atoms with Crippen LogP contribution in [0.15, 0.2) is 24.3 Å². The molecule has 19 heavy (non-hydrogen) atoms. The molecule has 1 aliphatic heterocycles. The van der Waals surface area contributed by atoms with E-state index in [1.807, 2.05) is 31.2 Å². The summed E-state index contributed by atoms with van der Waals surface area (Å²) in [5.41, 5.74) is 0.905. The molecule has 2 atom stereocenters. The Bertz CT molecular complexity index is 427. The van der Waals surface area contributed by atoms with Crippen LogP contribution in [0.25, 0.3) is 0 Å². The van der Waals surface area contributed by atoms with Crippen molar-refractivity contribution in [2.45, 2.75) is 38.3 Å². The molecule has 0 spiro atoms. The largest absolute Gasteiger partial charge is 0.496 e. The highest BCUT2D eigenvalue weighted by molar-refractivity contribution is 5.79. The summed E-state index contributed by atoms with van der Waals surface area (Å²) in [4.78, 5) is 12.0. The third-order valence-corrected chi connectivity index (χ3v) is 3.45. The van der Waals surface area contributed by atoms with E-state index < -0.39 is 0 Å². The molecule has 0 unspecified atom stereocenters. The maximum absolute atomic E-state index is 12.0. The van der Waals surface area contributed by atoms with Crippen molar-refractivity contribution in [3.63, 3.8) is 0 Å². The van der Waals surface area contributed by atoms with Gasteiger partial charge in [-0.2, -0.15) is 0 Å². The van der Waals surface area contributed by atoms with Gasteiger partial charge in [0.15, 0.2) is 0 Å². The Morgan fingerprint density at radius 3 is 3.00 bits per heavy atom. The van der Waals surface area contributed by atoms with Crippen LogP contribution in [0.1, 0.15) is 25.3 Å². The third kappa shape index (κ3) is 3.70. The minimum atomic E-state index is 0.00694. The van der Waals surface area contributed by atoms with E-state index in [2.05, 4.69) is 5.32 Å². The second-order valence-electron chi connectivity index (χ2n) is 4.90. The van der Waals surface area contributed by atoms with Crippen molar-refractivity contribution >= 4 is 5.91 Å². The Labute approximate surface area is 114 Å². The highest BCUT2D eigenvalue weighted by Crippen LogP contribution is 2.18. The number of nitrogens with one attached hydrogen (secondary N) is 1. The van der Waals surface area contributed by atoms with Gasteiger partial charge < -0.3 is 14.8 Å². The molecule has 0 aliphatic carbocycles. The lowest BCUT2D eigenvalue weighted by Crippen LogP contribution is -2.41. The maximum Gasteiger partial charge on any atom is 0.224 e. The fraction of sp³-hybridized carbons (Fsp3) is 0.533. The Balaban J connectivity index is 1.89. The van der Waals surface area contributed by atoms with Gasteiger partial charge >= 0.3 is 0 Å². The van der Waals surface area contributed by atoms with Gasteiger partial charge in [-0.05, 0) is 25.8 Å². The summed E-state index contributed by atoms with van der Waals surface area (Å²) in [5, 5.41) is 3.00. The van der Waals surface area contributed by atoms with E-state index in [4.69, 9.17) is 9.47 Å². The lowest BCUT2D eigenvalue weighted by molar-refractivity contribution is -0.121. The Morgan fingerprint density at radius 1 is 1.53 bits per heavy atom. The third-order valence-electron chi connectivity index (χ3n) is 3.45. The van der Waals surface area contributed by atoms with Crippen LogP contribution in [0.4, 0.5) is 0 Å². The van der Waals surface area contributed by atoms with Crippen LogP contribution < -0.4 is 10.1 Å². The molecule has 0 aromatic heterocycles. The van der Waals surface area contributed by atoms with Gasteiger partial charge in [-0.1, -0.05) is 18.2 Å². The van der Waals surface area contributed by atoms with E-state index in [1.165, 1.54) is 0 Å². The zero-order chi connectivity index (χ0) is 13.7. The quantitative estimate of drug-likeness (QED) is 0.883. The molecular formula is C15H21NO3. The molecule has 1 fully saturated rings. The summed E-state index contributed by atoms with van der Waals surface area (Å²) in [6.07, 6.45) is 2.59. The average molecular weight is 263 g/mol. The molecule has 1 aromatic carbocycles. The lowest BCUT2D eigenvalue weighted by Gasteiger charge is -2.20. The van der Waals surface area contributed by atoms with Crippen molar-refractivity contribution in [3.05, 3.63) is 29.8 Å². The highest BCUT2D eigenvalue weighted by atomic mass is 16.5. The predicted molar refractivity (Wildman–Crippen MR) is 73.3 cm³/mol. The maximum atomic E-state index is 12.0. The number of benzene rings is 1. The molecule has 1 amide bonds. The van der Waals surface area contributed by atoms with Crippen LogP contribution >= 0.6 is 0 Å². The van der Waals surface area contributed by atoms with E-state index in [9.17, 15) is 4.79 Å². The average Bonchev–Trinajstić information content (AvgIpc) is 2.93. The Hall–Kier alpha value is -1.55. The molecule has 1 aromatic rings. The van der Waals surface area contributed by atoms with E-state index in [0.29, 0.717) is 6.42 Å². The molecule has 0 saturated carbocycles. The van der Waals surface area contributed by atoms with Crippen molar-refractivity contribution < 1.29 is 14.3 Å². The van der Waals surface area contributed by atoms with E-state index in [0.717, 1.165) is 30.8 Å². The fourth-order valence-corrected chi connectivity index (χ4v) is 2.42. The number of rotatable bonds is 5. The zero-order valence-electron chi connectivity index (χ0n) is 11.5. The van der Waals surface area contributed by atoms with Gasteiger partial charge in [0.25, 0.3) is 0 Å². The van der Waals surface area contributed by atoms with Crippen LogP contribution in [0.3, 0.4) is 0 Å². The summed E-state index contributed by atoms with van der Waals surface area (Å²) >= 11 is 0. The SMILES string of the molecule is COc1ccccc1CC(=O)N[C@@H](C)[C@H]1CCCO1. The topological polar surface area (TPSA) is 47.6 Å². The smallest absolute Gasteiger partial charge is 0.224 e. The predicted octanol–water partition coefficient (Wildman–Crippen LogP) is 1.92. The van der Waals surface area contributed by atoms with Crippen molar-refractivity contribution in [3.8, 4) is 5.75 Å². The van der Waals surface area contributed by atoms with Crippen molar-refractivity contribution in [1.82, 2.24) is 5.32 Å². The standard InChI is InChI=1S/C15H21NO3/c1-11(13-8-5-9-19-13)16-15(17)10-12-6-3-4-7-14(12)18-2/h3-4,6-7,11,13H,5,8-10H2,1-2H3,(H,16,17)/t11-,13+/m0/s1. The molecule has 1 aliphatic rings. The summed E-state index contributed by atoms with van der Waals surface area (Å²) in [5.74, 6) is 0.759. The molecular weight excluding hydrogens is 242 g/mol. The molecule has 104 valence electrons. The van der Waals surface area contributed by atoms with Crippen LogP contribution in [0, 0.1) is 0 Å². The zero-order valence-corrected chi connectivity index (χ0v) is 11.5. The lowest BCUT2D eigenvalue weighted by atomic mass is 10.1. The van der Waals surface area contributed by atoms with Crippen molar-refractivity contribution in [2.75, 3.05) is 13.7 Å². The summed E-state index contributed by atoms with van der Waals surface area (Å²) < 4.78 is 10.8. The number of carbonyl (C=O) groups is 1. The second kappa shape index (κ2) is 6.57. The molecule has 4 nitrogen and oxygen atoms in total. The van der Waals surface area contributed by atoms with E-state index in [1.54, 1.807) is 7.11 Å². The van der Waals surface area contributed by atoms with Gasteiger partial charge in [-0.25, -0.2) is 0 Å². The number of amides is 1. The van der Waals surface area contributed by atoms with E-state index >= 15 is 0 Å². The van der Waals surface area contributed by atoms with Crippen LogP contribution in [-0.4, -0.2) is 31.8 Å². The van der Waals surface area contributed by atoms with Crippen molar-refractivity contribution in [2.24, 2.45) is 0 Å². The molecule has 0 bridgehead atoms. The normalized spacial score (nSPS) is 20.0. The Kier molecular flexibility index (Phi) is 4.80. The van der Waals surface area contributed by atoms with E-state index in [-0.39, 0.29) is 18.1 Å². The minimum absolute atomic E-state index is 0.00694. The number of para-hydroxylation sites is 1. The number of hydrogen-bond acceptors (Lipinski definition) is 3. The summed E-state index contributed by atoms with van der Waals surface area (Å²) in [7, 11) is 1.62. The molecule has 1 saturated heterocycles. The van der Waals surface area contributed by atoms with Gasteiger partial charge in [0.05, 0.1) is 25.7 Å². The fourth-order valence-electron chi connectivity index (χ4n) is 2.42. The number of ether oxygens (including phenoxy) is 2. The molecule has 1 N–H and O–H groups in total. The first-order valence-corrected chi connectivity index (χ1v) is 6.73. The van der Waals surface area contributed by atoms with Crippen LogP contribution in [-0.2, 0) is 16.0 Å². The minimum Gasteiger partial charge on any atom is -0.496 e. The van der Waals surface area contributed by atoms with Gasteiger partial charge in [-0.15, -0.1) is 0 Å². The van der Waals surface area contributed by atoms with Gasteiger partial charge in [0, 0.05) is 12.2 Å². The summed E-state index contributed by atoms with van der Waals surface area (Å²) in [6.45, 7) is 2.80. The first kappa shape index (κ1) is 13.9. The highest BCUT2D eigenvalue weighted by Gasteiger charge is 2.23. The van der Waals surface area contributed by atoms with Crippen LogP contribution in [0.2, 0.25) is 0 Å². The monoisotopic (exact) mass is 263 g/mol. The summed E-state index contributed by atoms with van der Waals surface area (Å²) in [6, 6.07) is 7.65. The number of methoxy groups -OCH3 is 1. The number of hydrogen-bond donors (Lipinski definition) is 1. The molecule has 1 heterocycles. The van der Waals surface area contributed by atoms with Gasteiger partial charge in [-0.3, -0.25) is 4.79 Å². The first-order valence-electron chi connectivity index (χ1n) is 6.73. The molecule has 2 rings (SSSR count). The van der Waals surface area contributed by atoms with Crippen molar-refractivity contribution in [1.29, 1.82) is 0 Å². The van der Waals surface area contributed by atoms with Crippen LogP contribution in [0.5, 0.6) is 5.75 Å².